The number of ether oxygens (including phenoxy) is 5. The van der Waals surface area contributed by atoms with Crippen LogP contribution in [-0.4, -0.2) is 129 Å². The van der Waals surface area contributed by atoms with E-state index in [9.17, 15) is 69.0 Å². The van der Waals surface area contributed by atoms with Crippen molar-refractivity contribution in [2.24, 2.45) is 94.7 Å². The Bertz CT molecular complexity index is 1640. The first-order valence-electron chi connectivity index (χ1n) is 20.7. The van der Waals surface area contributed by atoms with Crippen LogP contribution in [0.4, 0.5) is 0 Å². The van der Waals surface area contributed by atoms with E-state index in [1.165, 1.54) is 0 Å². The first-order chi connectivity index (χ1) is 28.1. The molecule has 20 unspecified atom stereocenters. The van der Waals surface area contributed by atoms with Gasteiger partial charge in [0.2, 0.25) is 0 Å². The second kappa shape index (κ2) is 16.0. The van der Waals surface area contributed by atoms with Gasteiger partial charge in [-0.3, -0.25) is 38.4 Å². The lowest BCUT2D eigenvalue weighted by Gasteiger charge is -2.34. The van der Waals surface area contributed by atoms with Gasteiger partial charge in [-0.2, -0.15) is 0 Å². The number of fused-ring (bicyclic) bond motifs is 8. The van der Waals surface area contributed by atoms with Gasteiger partial charge in [-0.25, -0.2) is 0 Å². The van der Waals surface area contributed by atoms with Crippen LogP contribution in [0.5, 0.6) is 0 Å². The van der Waals surface area contributed by atoms with Gasteiger partial charge in [0.15, 0.2) is 0 Å². The SMILES string of the molecule is O=C(O)C1C2CC(OCCOC3CC4CC3C(C(=O)O)C4C(=O)OC(=O)C3C4CC(OCCOC5CC6CC5C(C(=O)O)C6C(=O)O)C(C4)C3C(=O)O)C(C2)C1C(=O)O. The molecule has 8 bridgehead atoms. The van der Waals surface area contributed by atoms with Crippen LogP contribution in [0.1, 0.15) is 51.4 Å². The number of carboxylic acid groups (broad SMARTS) is 6. The molecule has 0 aromatic heterocycles. The van der Waals surface area contributed by atoms with Crippen LogP contribution in [0.3, 0.4) is 0 Å². The molecule has 8 aliphatic rings. The molecular formula is C40H50O19. The van der Waals surface area contributed by atoms with E-state index in [-0.39, 0.29) is 38.3 Å². The highest BCUT2D eigenvalue weighted by molar-refractivity contribution is 5.93. The van der Waals surface area contributed by atoms with Gasteiger partial charge in [0.05, 0.1) is 98.2 Å². The molecule has 0 spiro atoms. The van der Waals surface area contributed by atoms with E-state index in [2.05, 4.69) is 0 Å². The minimum absolute atomic E-state index is 0.0734. The molecule has 59 heavy (non-hydrogen) atoms. The van der Waals surface area contributed by atoms with Crippen molar-refractivity contribution in [1.29, 1.82) is 0 Å². The van der Waals surface area contributed by atoms with Crippen LogP contribution in [0.25, 0.3) is 0 Å². The topological polar surface area (TPSA) is 304 Å². The van der Waals surface area contributed by atoms with Crippen molar-refractivity contribution in [3.63, 3.8) is 0 Å². The zero-order valence-electron chi connectivity index (χ0n) is 32.0. The smallest absolute Gasteiger partial charge is 0.317 e. The molecule has 8 rings (SSSR count). The number of hydrogen-bond donors (Lipinski definition) is 6. The maximum atomic E-state index is 13.5. The van der Waals surface area contributed by atoms with Crippen LogP contribution >= 0.6 is 0 Å². The van der Waals surface area contributed by atoms with Crippen LogP contribution in [0.2, 0.25) is 0 Å². The van der Waals surface area contributed by atoms with Crippen molar-refractivity contribution in [2.75, 3.05) is 26.4 Å². The fourth-order valence-electron chi connectivity index (χ4n) is 13.7. The molecule has 19 heteroatoms. The highest BCUT2D eigenvalue weighted by atomic mass is 16.6. The number of aliphatic carboxylic acids is 6. The largest absolute Gasteiger partial charge is 0.481 e. The van der Waals surface area contributed by atoms with E-state index in [0.29, 0.717) is 51.4 Å². The van der Waals surface area contributed by atoms with Gasteiger partial charge >= 0.3 is 47.8 Å². The number of esters is 2. The second-order valence-electron chi connectivity index (χ2n) is 18.2. The summed E-state index contributed by atoms with van der Waals surface area (Å²) in [6.07, 6.45) is 1.25. The average Bonchev–Trinajstić information content (AvgIpc) is 4.03. The Morgan fingerprint density at radius 1 is 0.322 bits per heavy atom. The van der Waals surface area contributed by atoms with E-state index in [1.54, 1.807) is 0 Å². The lowest BCUT2D eigenvalue weighted by Crippen LogP contribution is -2.45. The van der Waals surface area contributed by atoms with E-state index < -0.39 is 155 Å². The Kier molecular flexibility index (Phi) is 11.3. The summed E-state index contributed by atoms with van der Waals surface area (Å²) in [5.74, 6) is -21.1. The molecule has 324 valence electrons. The summed E-state index contributed by atoms with van der Waals surface area (Å²) in [6.45, 7) is 0.322. The summed E-state index contributed by atoms with van der Waals surface area (Å²) in [5.41, 5.74) is 0. The molecule has 8 fully saturated rings. The lowest BCUT2D eigenvalue weighted by molar-refractivity contribution is -0.178. The van der Waals surface area contributed by atoms with Gasteiger partial charge in [-0.1, -0.05) is 0 Å². The van der Waals surface area contributed by atoms with E-state index in [0.717, 1.165) is 0 Å². The first-order valence-corrected chi connectivity index (χ1v) is 20.7. The number of carbonyl (C=O) groups excluding carboxylic acids is 2. The summed E-state index contributed by atoms with van der Waals surface area (Å²) in [6, 6.07) is 0. The molecular weight excluding hydrogens is 784 g/mol. The third-order valence-corrected chi connectivity index (χ3v) is 15.7. The molecule has 20 atom stereocenters. The van der Waals surface area contributed by atoms with Gasteiger partial charge in [0, 0.05) is 0 Å². The zero-order valence-corrected chi connectivity index (χ0v) is 32.0. The standard InChI is InChI=1S/C40H50O19/c41-33(42)25-13-5-17(29(25)35(45)46)21(9-13)55-1-3-57-23-11-15-7-19(23)31(37(49)50)27(15)39(53)59-40(54)28-16-8-20(32(28)38(51)52)24(12-16)58-4-2-56-22-10-14-6-18(22)30(36(47)48)26(14)34(43)44/h13-32H,1-12H2,(H,41,42)(H,43,44)(H,45,46)(H,47,48)(H,49,50)(H,51,52). The quantitative estimate of drug-likeness (QED) is 0.0642. The van der Waals surface area contributed by atoms with Gasteiger partial charge in [0.1, 0.15) is 0 Å². The Hall–Kier alpha value is -4.20. The molecule has 0 heterocycles. The number of carbonyl (C=O) groups is 8. The molecule has 0 saturated heterocycles. The van der Waals surface area contributed by atoms with Crippen LogP contribution in [0.15, 0.2) is 0 Å². The number of hydrogen-bond acceptors (Lipinski definition) is 13. The van der Waals surface area contributed by atoms with Crippen molar-refractivity contribution in [3.8, 4) is 0 Å². The molecule has 8 aliphatic carbocycles. The number of rotatable bonds is 18. The highest BCUT2D eigenvalue weighted by Gasteiger charge is 2.63. The minimum Gasteiger partial charge on any atom is -0.481 e. The van der Waals surface area contributed by atoms with Gasteiger partial charge in [-0.15, -0.1) is 0 Å². The molecule has 0 amide bonds. The molecule has 0 aromatic carbocycles. The van der Waals surface area contributed by atoms with Crippen molar-refractivity contribution in [3.05, 3.63) is 0 Å². The van der Waals surface area contributed by atoms with Crippen molar-refractivity contribution in [1.82, 2.24) is 0 Å². The molecule has 8 saturated carbocycles. The van der Waals surface area contributed by atoms with Crippen LogP contribution in [-0.2, 0) is 62.0 Å². The summed E-state index contributed by atoms with van der Waals surface area (Å²) < 4.78 is 29.2. The van der Waals surface area contributed by atoms with Crippen LogP contribution < -0.4 is 0 Å². The Balaban J connectivity index is 0.795. The maximum absolute atomic E-state index is 13.5. The van der Waals surface area contributed by atoms with E-state index in [1.807, 2.05) is 0 Å². The second-order valence-corrected chi connectivity index (χ2v) is 18.2. The molecule has 0 aromatic rings. The van der Waals surface area contributed by atoms with E-state index in [4.69, 9.17) is 23.7 Å². The predicted molar refractivity (Wildman–Crippen MR) is 189 cm³/mol. The van der Waals surface area contributed by atoms with Crippen molar-refractivity contribution < 1.29 is 92.7 Å². The maximum Gasteiger partial charge on any atom is 0.317 e. The Labute approximate surface area is 337 Å². The predicted octanol–water partition coefficient (Wildman–Crippen LogP) is 1.19. The third-order valence-electron chi connectivity index (χ3n) is 15.7. The van der Waals surface area contributed by atoms with E-state index >= 15 is 0 Å². The van der Waals surface area contributed by atoms with Gasteiger partial charge < -0.3 is 54.3 Å². The third kappa shape index (κ3) is 7.18. The summed E-state index contributed by atoms with van der Waals surface area (Å²) in [5, 5.41) is 58.7. The monoisotopic (exact) mass is 834 g/mol. The highest BCUT2D eigenvalue weighted by Crippen LogP contribution is 2.57. The zero-order chi connectivity index (χ0) is 42.2. The van der Waals surface area contributed by atoms with Crippen molar-refractivity contribution in [2.45, 2.75) is 75.8 Å². The average molecular weight is 835 g/mol. The molecule has 6 N–H and O–H groups in total. The van der Waals surface area contributed by atoms with Gasteiger partial charge in [0.25, 0.3) is 0 Å². The minimum atomic E-state index is -1.25. The molecule has 0 aliphatic heterocycles. The fourth-order valence-corrected chi connectivity index (χ4v) is 13.7. The summed E-state index contributed by atoms with van der Waals surface area (Å²) in [4.78, 5) is 99.0. The Morgan fingerprint density at radius 3 is 0.780 bits per heavy atom. The fraction of sp³-hybridized carbons (Fsp3) is 0.800. The Morgan fingerprint density at radius 2 is 0.542 bits per heavy atom. The molecule has 0 radical (unpaired) electrons. The summed E-state index contributed by atoms with van der Waals surface area (Å²) in [7, 11) is 0. The van der Waals surface area contributed by atoms with Crippen molar-refractivity contribution >= 4 is 47.8 Å². The normalized spacial score (nSPS) is 44.5. The van der Waals surface area contributed by atoms with Crippen LogP contribution in [0, 0.1) is 94.7 Å². The number of carboxylic acids is 6. The summed E-state index contributed by atoms with van der Waals surface area (Å²) >= 11 is 0. The molecule has 19 nitrogen and oxygen atoms in total. The first kappa shape index (κ1) is 41.5. The van der Waals surface area contributed by atoms with Gasteiger partial charge in [-0.05, 0) is 98.7 Å². The lowest BCUT2D eigenvalue weighted by atomic mass is 9.77.